The molecule has 1 heterocycles. The van der Waals surface area contributed by atoms with Gasteiger partial charge in [-0.05, 0) is 31.7 Å². The Kier molecular flexibility index (Phi) is 3.45. The topological polar surface area (TPSA) is 29.1 Å². The van der Waals surface area contributed by atoms with Crippen LogP contribution in [-0.4, -0.2) is 18.9 Å². The molecule has 0 amide bonds. The van der Waals surface area contributed by atoms with E-state index in [2.05, 4.69) is 12.2 Å². The van der Waals surface area contributed by atoms with Gasteiger partial charge >= 0.3 is 0 Å². The Hall–Kier alpha value is -0.370. The fourth-order valence-corrected chi connectivity index (χ4v) is 2.82. The number of hydrogen-bond donors (Lipinski definition) is 1. The predicted molar refractivity (Wildman–Crippen MR) is 61.8 cm³/mol. The molecule has 2 aliphatic rings. The van der Waals surface area contributed by atoms with Gasteiger partial charge in [0.05, 0.1) is 0 Å². The highest BCUT2D eigenvalue weighted by molar-refractivity contribution is 5.85. The molecule has 1 atom stereocenters. The molecule has 2 fully saturated rings. The molecule has 0 aromatic carbocycles. The molecule has 2 heteroatoms. The molecule has 0 spiro atoms. The molecule has 15 heavy (non-hydrogen) atoms. The van der Waals surface area contributed by atoms with Crippen LogP contribution in [0.5, 0.6) is 0 Å². The van der Waals surface area contributed by atoms with Gasteiger partial charge in [-0.1, -0.05) is 26.2 Å². The van der Waals surface area contributed by atoms with Crippen LogP contribution in [0.1, 0.15) is 51.9 Å². The smallest absolute Gasteiger partial charge is 0.140 e. The van der Waals surface area contributed by atoms with Gasteiger partial charge in [0.15, 0.2) is 0 Å². The maximum atomic E-state index is 12.2. The average Bonchev–Trinajstić information content (AvgIpc) is 2.94. The summed E-state index contributed by atoms with van der Waals surface area (Å²) >= 11 is 0. The van der Waals surface area contributed by atoms with Crippen LogP contribution in [0.25, 0.3) is 0 Å². The SMILES string of the molecule is CCCC1(C(=O)CCC2CC2)CCNC1. The normalized spacial score (nSPS) is 30.7. The van der Waals surface area contributed by atoms with Crippen LogP contribution in [0, 0.1) is 11.3 Å². The van der Waals surface area contributed by atoms with E-state index in [0.717, 1.165) is 51.1 Å². The molecule has 0 aromatic heterocycles. The summed E-state index contributed by atoms with van der Waals surface area (Å²) in [5.41, 5.74) is 0.0175. The van der Waals surface area contributed by atoms with Gasteiger partial charge in [-0.3, -0.25) is 4.79 Å². The lowest BCUT2D eigenvalue weighted by Crippen LogP contribution is -2.33. The van der Waals surface area contributed by atoms with E-state index >= 15 is 0 Å². The van der Waals surface area contributed by atoms with Crippen molar-refractivity contribution in [3.63, 3.8) is 0 Å². The summed E-state index contributed by atoms with van der Waals surface area (Å²) in [5, 5.41) is 3.36. The number of nitrogens with one attached hydrogen (secondary N) is 1. The molecule has 1 unspecified atom stereocenters. The summed E-state index contributed by atoms with van der Waals surface area (Å²) in [6.07, 6.45) is 8.03. The zero-order valence-electron chi connectivity index (χ0n) is 9.85. The Morgan fingerprint density at radius 1 is 1.47 bits per heavy atom. The second kappa shape index (κ2) is 4.65. The maximum Gasteiger partial charge on any atom is 0.140 e. The number of carbonyl (C=O) groups excluding carboxylic acids is 1. The lowest BCUT2D eigenvalue weighted by atomic mass is 9.77. The highest BCUT2D eigenvalue weighted by Crippen LogP contribution is 2.38. The van der Waals surface area contributed by atoms with E-state index < -0.39 is 0 Å². The Balaban J connectivity index is 1.87. The molecule has 1 aliphatic carbocycles. The Labute approximate surface area is 92.8 Å². The first kappa shape index (κ1) is 11.1. The molecule has 2 rings (SSSR count). The van der Waals surface area contributed by atoms with E-state index in [1.165, 1.54) is 12.8 Å². The Morgan fingerprint density at radius 3 is 2.80 bits per heavy atom. The van der Waals surface area contributed by atoms with E-state index in [9.17, 15) is 4.79 Å². The van der Waals surface area contributed by atoms with Gasteiger partial charge in [0.1, 0.15) is 5.78 Å². The third kappa shape index (κ3) is 2.60. The van der Waals surface area contributed by atoms with Gasteiger partial charge in [-0.2, -0.15) is 0 Å². The molecule has 1 aliphatic heterocycles. The highest BCUT2D eigenvalue weighted by atomic mass is 16.1. The number of carbonyl (C=O) groups is 1. The number of ketones is 1. The summed E-state index contributed by atoms with van der Waals surface area (Å²) in [7, 11) is 0. The van der Waals surface area contributed by atoms with Crippen molar-refractivity contribution >= 4 is 5.78 Å². The molecular weight excluding hydrogens is 186 g/mol. The third-order valence-corrected chi connectivity index (χ3v) is 4.04. The van der Waals surface area contributed by atoms with Crippen molar-refractivity contribution in [2.24, 2.45) is 11.3 Å². The third-order valence-electron chi connectivity index (χ3n) is 4.04. The standard InChI is InChI=1S/C13H23NO/c1-2-7-13(8-9-14-10-13)12(15)6-5-11-3-4-11/h11,14H,2-10H2,1H3. The largest absolute Gasteiger partial charge is 0.316 e. The van der Waals surface area contributed by atoms with Crippen molar-refractivity contribution in [1.82, 2.24) is 5.32 Å². The first-order chi connectivity index (χ1) is 7.27. The van der Waals surface area contributed by atoms with E-state index in [4.69, 9.17) is 0 Å². The van der Waals surface area contributed by atoms with Gasteiger partial charge < -0.3 is 5.32 Å². The fraction of sp³-hybridized carbons (Fsp3) is 0.923. The van der Waals surface area contributed by atoms with Crippen molar-refractivity contribution in [3.05, 3.63) is 0 Å². The summed E-state index contributed by atoms with van der Waals surface area (Å²) in [6.45, 7) is 4.16. The van der Waals surface area contributed by atoms with Gasteiger partial charge in [-0.25, -0.2) is 0 Å². The molecule has 0 radical (unpaired) electrons. The minimum absolute atomic E-state index is 0.0175. The van der Waals surface area contributed by atoms with Gasteiger partial charge in [0, 0.05) is 18.4 Å². The first-order valence-electron chi connectivity index (χ1n) is 6.51. The van der Waals surface area contributed by atoms with E-state index in [0.29, 0.717) is 5.78 Å². The van der Waals surface area contributed by atoms with E-state index in [1.807, 2.05) is 0 Å². The van der Waals surface area contributed by atoms with Crippen LogP contribution in [0.15, 0.2) is 0 Å². The zero-order chi connectivity index (χ0) is 10.7. The molecule has 0 aromatic rings. The lowest BCUT2D eigenvalue weighted by Gasteiger charge is -2.26. The number of hydrogen-bond acceptors (Lipinski definition) is 2. The van der Waals surface area contributed by atoms with E-state index in [1.54, 1.807) is 0 Å². The van der Waals surface area contributed by atoms with Gasteiger partial charge in [0.25, 0.3) is 0 Å². The molecular formula is C13H23NO. The summed E-state index contributed by atoms with van der Waals surface area (Å²) in [5.74, 6) is 1.43. The van der Waals surface area contributed by atoms with Crippen molar-refractivity contribution < 1.29 is 4.79 Å². The van der Waals surface area contributed by atoms with Crippen LogP contribution < -0.4 is 5.32 Å². The Bertz CT molecular complexity index is 227. The van der Waals surface area contributed by atoms with Crippen LogP contribution in [0.4, 0.5) is 0 Å². The second-order valence-electron chi connectivity index (χ2n) is 5.36. The number of Topliss-reactive ketones (excluding diaryl/α,β-unsaturated/α-hetero) is 1. The Morgan fingerprint density at radius 2 is 2.27 bits per heavy atom. The van der Waals surface area contributed by atoms with Crippen molar-refractivity contribution in [2.45, 2.75) is 51.9 Å². The molecule has 1 N–H and O–H groups in total. The van der Waals surface area contributed by atoms with Crippen LogP contribution in [-0.2, 0) is 4.79 Å². The molecule has 1 saturated carbocycles. The van der Waals surface area contributed by atoms with Gasteiger partial charge in [-0.15, -0.1) is 0 Å². The lowest BCUT2D eigenvalue weighted by molar-refractivity contribution is -0.128. The minimum atomic E-state index is 0.0175. The molecule has 1 saturated heterocycles. The summed E-state index contributed by atoms with van der Waals surface area (Å²) in [6, 6.07) is 0. The molecule has 86 valence electrons. The van der Waals surface area contributed by atoms with Crippen LogP contribution in [0.2, 0.25) is 0 Å². The quantitative estimate of drug-likeness (QED) is 0.728. The van der Waals surface area contributed by atoms with E-state index in [-0.39, 0.29) is 5.41 Å². The summed E-state index contributed by atoms with van der Waals surface area (Å²) < 4.78 is 0. The highest BCUT2D eigenvalue weighted by Gasteiger charge is 2.39. The monoisotopic (exact) mass is 209 g/mol. The van der Waals surface area contributed by atoms with Crippen molar-refractivity contribution in [1.29, 1.82) is 0 Å². The van der Waals surface area contributed by atoms with Crippen molar-refractivity contribution in [2.75, 3.05) is 13.1 Å². The fourth-order valence-electron chi connectivity index (χ4n) is 2.82. The average molecular weight is 209 g/mol. The predicted octanol–water partition coefficient (Wildman–Crippen LogP) is 2.53. The second-order valence-corrected chi connectivity index (χ2v) is 5.36. The van der Waals surface area contributed by atoms with Crippen molar-refractivity contribution in [3.8, 4) is 0 Å². The zero-order valence-corrected chi connectivity index (χ0v) is 9.85. The summed E-state index contributed by atoms with van der Waals surface area (Å²) in [4.78, 5) is 12.2. The first-order valence-corrected chi connectivity index (χ1v) is 6.51. The van der Waals surface area contributed by atoms with Crippen LogP contribution in [0.3, 0.4) is 0 Å². The molecule has 2 nitrogen and oxygen atoms in total. The van der Waals surface area contributed by atoms with Gasteiger partial charge in [0.2, 0.25) is 0 Å². The minimum Gasteiger partial charge on any atom is -0.316 e. The number of rotatable bonds is 6. The molecule has 0 bridgehead atoms. The van der Waals surface area contributed by atoms with Crippen LogP contribution >= 0.6 is 0 Å². The maximum absolute atomic E-state index is 12.2.